The maximum absolute atomic E-state index is 12.3. The van der Waals surface area contributed by atoms with Gasteiger partial charge in [-0.1, -0.05) is 25.1 Å². The number of carbonyl (C=O) groups excluding carboxylic acids is 1. The number of piperazine rings is 1. The van der Waals surface area contributed by atoms with Crippen LogP contribution in [0.3, 0.4) is 0 Å². The van der Waals surface area contributed by atoms with Crippen molar-refractivity contribution in [3.05, 3.63) is 41.6 Å². The van der Waals surface area contributed by atoms with E-state index in [0.717, 1.165) is 30.8 Å². The fourth-order valence-electron chi connectivity index (χ4n) is 2.30. The van der Waals surface area contributed by atoms with Crippen molar-refractivity contribution in [1.29, 1.82) is 5.26 Å². The first kappa shape index (κ1) is 15.1. The Kier molecular flexibility index (Phi) is 5.35. The van der Waals surface area contributed by atoms with Crippen LogP contribution in [0.5, 0.6) is 0 Å². The van der Waals surface area contributed by atoms with Gasteiger partial charge in [-0.2, -0.15) is 5.26 Å². The number of anilines is 1. The van der Waals surface area contributed by atoms with Crippen molar-refractivity contribution in [3.63, 3.8) is 0 Å². The molecule has 2 N–H and O–H groups in total. The minimum absolute atomic E-state index is 0.141. The molecule has 21 heavy (non-hydrogen) atoms. The van der Waals surface area contributed by atoms with Crippen molar-refractivity contribution in [2.75, 3.05) is 31.5 Å². The van der Waals surface area contributed by atoms with Gasteiger partial charge in [0.15, 0.2) is 0 Å². The van der Waals surface area contributed by atoms with Crippen LogP contribution >= 0.6 is 0 Å². The zero-order valence-electron chi connectivity index (χ0n) is 12.2. The molecule has 0 aliphatic carbocycles. The van der Waals surface area contributed by atoms with Gasteiger partial charge in [-0.3, -0.25) is 4.79 Å². The SMILES string of the molecule is CCc1ccccc1N/C=C(/C#N)C(=O)N1CCNCC1. The molecular formula is C16H20N4O. The van der Waals surface area contributed by atoms with Gasteiger partial charge in [0, 0.05) is 38.1 Å². The Morgan fingerprint density at radius 1 is 1.43 bits per heavy atom. The number of benzene rings is 1. The molecule has 5 heteroatoms. The van der Waals surface area contributed by atoms with Gasteiger partial charge in [0.2, 0.25) is 0 Å². The van der Waals surface area contributed by atoms with Gasteiger partial charge in [0.25, 0.3) is 5.91 Å². The largest absolute Gasteiger partial charge is 0.360 e. The van der Waals surface area contributed by atoms with Gasteiger partial charge in [-0.25, -0.2) is 0 Å². The van der Waals surface area contributed by atoms with E-state index in [1.54, 1.807) is 4.90 Å². The summed E-state index contributed by atoms with van der Waals surface area (Å²) in [7, 11) is 0. The molecule has 110 valence electrons. The zero-order chi connectivity index (χ0) is 15.1. The van der Waals surface area contributed by atoms with Crippen molar-refractivity contribution in [2.45, 2.75) is 13.3 Å². The van der Waals surface area contributed by atoms with Gasteiger partial charge in [-0.05, 0) is 18.1 Å². The van der Waals surface area contributed by atoms with Gasteiger partial charge >= 0.3 is 0 Å². The van der Waals surface area contributed by atoms with E-state index in [-0.39, 0.29) is 11.5 Å². The summed E-state index contributed by atoms with van der Waals surface area (Å²) in [6.07, 6.45) is 2.41. The van der Waals surface area contributed by atoms with Crippen molar-refractivity contribution in [3.8, 4) is 6.07 Å². The maximum Gasteiger partial charge on any atom is 0.266 e. The molecule has 1 aromatic rings. The molecule has 0 aromatic heterocycles. The first-order valence-corrected chi connectivity index (χ1v) is 7.21. The first-order valence-electron chi connectivity index (χ1n) is 7.21. The fourth-order valence-corrected chi connectivity index (χ4v) is 2.30. The highest BCUT2D eigenvalue weighted by molar-refractivity contribution is 5.97. The van der Waals surface area contributed by atoms with Crippen molar-refractivity contribution in [2.24, 2.45) is 0 Å². The Morgan fingerprint density at radius 2 is 2.14 bits per heavy atom. The molecule has 2 rings (SSSR count). The highest BCUT2D eigenvalue weighted by Crippen LogP contribution is 2.16. The minimum Gasteiger partial charge on any atom is -0.360 e. The average Bonchev–Trinajstić information content (AvgIpc) is 2.56. The smallest absolute Gasteiger partial charge is 0.266 e. The standard InChI is InChI=1S/C16H20N4O/c1-2-13-5-3-4-6-15(13)19-12-14(11-17)16(21)20-9-7-18-8-10-20/h3-6,12,18-19H,2,7-10H2,1H3/b14-12-. The van der Waals surface area contributed by atoms with Gasteiger partial charge in [0.05, 0.1) is 0 Å². The Labute approximate surface area is 125 Å². The number of aryl methyl sites for hydroxylation is 1. The monoisotopic (exact) mass is 284 g/mol. The van der Waals surface area contributed by atoms with E-state index in [0.29, 0.717) is 13.1 Å². The van der Waals surface area contributed by atoms with Crippen LogP contribution in [0.4, 0.5) is 5.69 Å². The van der Waals surface area contributed by atoms with Crippen LogP contribution in [0.2, 0.25) is 0 Å². The summed E-state index contributed by atoms with van der Waals surface area (Å²) in [4.78, 5) is 14.0. The van der Waals surface area contributed by atoms with E-state index in [4.69, 9.17) is 0 Å². The molecule has 5 nitrogen and oxygen atoms in total. The number of amides is 1. The lowest BCUT2D eigenvalue weighted by Crippen LogP contribution is -2.46. The van der Waals surface area contributed by atoms with E-state index < -0.39 is 0 Å². The molecule has 0 atom stereocenters. The molecule has 1 aliphatic rings. The number of carbonyl (C=O) groups is 1. The second-order valence-corrected chi connectivity index (χ2v) is 4.87. The fraction of sp³-hybridized carbons (Fsp3) is 0.375. The average molecular weight is 284 g/mol. The summed E-state index contributed by atoms with van der Waals surface area (Å²) in [5.41, 5.74) is 2.23. The third-order valence-electron chi connectivity index (χ3n) is 3.53. The van der Waals surface area contributed by atoms with E-state index in [9.17, 15) is 10.1 Å². The highest BCUT2D eigenvalue weighted by atomic mass is 16.2. The summed E-state index contributed by atoms with van der Waals surface area (Å²) >= 11 is 0. The van der Waals surface area contributed by atoms with E-state index >= 15 is 0 Å². The zero-order valence-corrected chi connectivity index (χ0v) is 12.2. The molecule has 1 heterocycles. The van der Waals surface area contributed by atoms with Crippen LogP contribution in [0, 0.1) is 11.3 Å². The maximum atomic E-state index is 12.3. The highest BCUT2D eigenvalue weighted by Gasteiger charge is 2.19. The van der Waals surface area contributed by atoms with Crippen LogP contribution in [0.25, 0.3) is 0 Å². The summed E-state index contributed by atoms with van der Waals surface area (Å²) in [5.74, 6) is -0.208. The predicted molar refractivity (Wildman–Crippen MR) is 82.6 cm³/mol. The lowest BCUT2D eigenvalue weighted by Gasteiger charge is -2.27. The number of rotatable bonds is 4. The Balaban J connectivity index is 2.10. The van der Waals surface area contributed by atoms with Crippen molar-refractivity contribution >= 4 is 11.6 Å². The topological polar surface area (TPSA) is 68.2 Å². The first-order chi connectivity index (χ1) is 10.3. The predicted octanol–water partition coefficient (Wildman–Crippen LogP) is 1.50. The lowest BCUT2D eigenvalue weighted by molar-refractivity contribution is -0.127. The number of nitrogens with one attached hydrogen (secondary N) is 2. The van der Waals surface area contributed by atoms with Gasteiger partial charge < -0.3 is 15.5 Å². The second kappa shape index (κ2) is 7.46. The molecule has 1 fully saturated rings. The number of para-hydroxylation sites is 1. The molecule has 0 bridgehead atoms. The van der Waals surface area contributed by atoms with E-state index in [1.165, 1.54) is 6.20 Å². The molecule has 0 radical (unpaired) electrons. The van der Waals surface area contributed by atoms with Crippen LogP contribution in [0.15, 0.2) is 36.0 Å². The van der Waals surface area contributed by atoms with E-state index in [2.05, 4.69) is 17.6 Å². The van der Waals surface area contributed by atoms with Crippen molar-refractivity contribution < 1.29 is 4.79 Å². The summed E-state index contributed by atoms with van der Waals surface area (Å²) in [6.45, 7) is 4.90. The third kappa shape index (κ3) is 3.83. The summed E-state index contributed by atoms with van der Waals surface area (Å²) in [5, 5.41) is 15.5. The molecule has 0 saturated carbocycles. The van der Waals surface area contributed by atoms with E-state index in [1.807, 2.05) is 30.3 Å². The summed E-state index contributed by atoms with van der Waals surface area (Å²) in [6, 6.07) is 9.87. The van der Waals surface area contributed by atoms with Crippen LogP contribution in [-0.4, -0.2) is 37.0 Å². The van der Waals surface area contributed by atoms with Crippen LogP contribution in [-0.2, 0) is 11.2 Å². The molecular weight excluding hydrogens is 264 g/mol. The Bertz CT molecular complexity index is 568. The number of hydrogen-bond acceptors (Lipinski definition) is 4. The molecule has 1 amide bonds. The quantitative estimate of drug-likeness (QED) is 0.649. The molecule has 1 aromatic carbocycles. The summed E-state index contributed by atoms with van der Waals surface area (Å²) < 4.78 is 0. The number of nitriles is 1. The number of hydrogen-bond donors (Lipinski definition) is 2. The molecule has 0 spiro atoms. The lowest BCUT2D eigenvalue weighted by atomic mass is 10.1. The number of nitrogens with zero attached hydrogens (tertiary/aromatic N) is 2. The van der Waals surface area contributed by atoms with Gasteiger partial charge in [-0.15, -0.1) is 0 Å². The Hall–Kier alpha value is -2.32. The second-order valence-electron chi connectivity index (χ2n) is 4.87. The van der Waals surface area contributed by atoms with Crippen LogP contribution in [0.1, 0.15) is 12.5 Å². The molecule has 1 saturated heterocycles. The normalized spacial score (nSPS) is 15.4. The minimum atomic E-state index is -0.208. The third-order valence-corrected chi connectivity index (χ3v) is 3.53. The van der Waals surface area contributed by atoms with Crippen LogP contribution < -0.4 is 10.6 Å². The molecule has 0 unspecified atom stereocenters. The Morgan fingerprint density at radius 3 is 2.81 bits per heavy atom. The molecule has 1 aliphatic heterocycles. The van der Waals surface area contributed by atoms with Gasteiger partial charge in [0.1, 0.15) is 11.6 Å². The van der Waals surface area contributed by atoms with Crippen molar-refractivity contribution in [1.82, 2.24) is 10.2 Å².